The molecule has 0 rings (SSSR count). The smallest absolute Gasteiger partial charge is 0.854 e. The molecule has 0 heterocycles. The summed E-state index contributed by atoms with van der Waals surface area (Å²) in [5.41, 5.74) is 0. The van der Waals surface area contributed by atoms with Crippen molar-refractivity contribution in [2.75, 3.05) is 19.8 Å². The fraction of sp³-hybridized carbons (Fsp3) is 0.897. The number of allylic oxidation sites excluding steroid dienone is 1. The van der Waals surface area contributed by atoms with E-state index in [1.54, 1.807) is 0 Å². The van der Waals surface area contributed by atoms with E-state index in [1.165, 1.54) is 96.8 Å². The minimum atomic E-state index is -0.312. The maximum atomic E-state index is 10.3. The molecule has 0 N–H and O–H groups in total. The molecule has 35 heavy (non-hydrogen) atoms. The van der Waals surface area contributed by atoms with E-state index in [4.69, 9.17) is 0 Å². The summed E-state index contributed by atoms with van der Waals surface area (Å²) in [6.07, 6.45) is 23.3. The number of rotatable bonds is 20. The second-order valence-corrected chi connectivity index (χ2v) is 8.83. The number of Topliss-reactive ketones (excluding diaryl/α,β-unsaturated/α-hetero) is 1. The van der Waals surface area contributed by atoms with E-state index in [0.29, 0.717) is 0 Å². The van der Waals surface area contributed by atoms with Gasteiger partial charge in [-0.05, 0) is 6.92 Å². The first kappa shape index (κ1) is 44.9. The van der Waals surface area contributed by atoms with Crippen LogP contribution in [0.4, 0.5) is 0 Å². The molecule has 0 aromatic heterocycles. The van der Waals surface area contributed by atoms with E-state index in [-0.39, 0.29) is 64.0 Å². The molecule has 0 fully saturated rings. The van der Waals surface area contributed by atoms with Crippen molar-refractivity contribution >= 4 is 5.78 Å². The normalized spacial score (nSPS) is 9.34. The summed E-state index contributed by atoms with van der Waals surface area (Å²) < 4.78 is 0. The van der Waals surface area contributed by atoms with E-state index in [2.05, 4.69) is 13.5 Å². The third-order valence-electron chi connectivity index (χ3n) is 4.85. The Labute approximate surface area is 238 Å². The van der Waals surface area contributed by atoms with E-state index >= 15 is 0 Å². The van der Waals surface area contributed by atoms with Crippen molar-refractivity contribution in [3.63, 3.8) is 0 Å². The number of unbranched alkanes of at least 4 members (excludes halogenated alkanes) is 15. The number of carbonyl (C=O) groups excluding carboxylic acids is 1. The topological polar surface area (TPSA) is 106 Å². The fourth-order valence-electron chi connectivity index (χ4n) is 2.93. The summed E-state index contributed by atoms with van der Waals surface area (Å²) in [5.74, 6) is -0.437. The van der Waals surface area contributed by atoms with E-state index < -0.39 is 0 Å². The molecule has 0 aliphatic heterocycles. The minimum Gasteiger partial charge on any atom is -0.854 e. The van der Waals surface area contributed by atoms with Gasteiger partial charge in [0.05, 0.1) is 6.42 Å². The number of carbonyl (C=O) groups is 1. The molecule has 2 radical (unpaired) electrons. The largest absolute Gasteiger partial charge is 3.00 e. The van der Waals surface area contributed by atoms with Crippen molar-refractivity contribution in [3.05, 3.63) is 12.3 Å². The molecule has 208 valence electrons. The first-order valence-corrected chi connectivity index (χ1v) is 14.0. The first-order valence-electron chi connectivity index (χ1n) is 14.0. The Morgan fingerprint density at radius 1 is 0.543 bits per heavy atom. The molecule has 5 nitrogen and oxygen atoms in total. The fourth-order valence-corrected chi connectivity index (χ4v) is 2.93. The molecule has 0 aliphatic rings. The number of hydrogen-bond acceptors (Lipinski definition) is 4. The summed E-state index contributed by atoms with van der Waals surface area (Å²) >= 11 is 0. The number of hydrogen-bond donors (Lipinski definition) is 0. The zero-order valence-corrected chi connectivity index (χ0v) is 26.3. The molecule has 0 aromatic rings. The summed E-state index contributed by atoms with van der Waals surface area (Å²) in [4.78, 5) is 9.99. The number of ketones is 1. The van der Waals surface area contributed by atoms with E-state index in [0.717, 1.165) is 25.7 Å². The van der Waals surface area contributed by atoms with Crippen LogP contribution in [-0.2, 0) is 36.1 Å². The van der Waals surface area contributed by atoms with Crippen molar-refractivity contribution in [3.8, 4) is 0 Å². The molecular weight excluding hydrogens is 520 g/mol. The second kappa shape index (κ2) is 47.2. The zero-order valence-electron chi connectivity index (χ0n) is 23.8. The van der Waals surface area contributed by atoms with Gasteiger partial charge in [-0.15, -0.1) is 19.8 Å². The Hall–Kier alpha value is -0.0269. The van der Waals surface area contributed by atoms with Crippen LogP contribution in [0.3, 0.4) is 0 Å². The summed E-state index contributed by atoms with van der Waals surface area (Å²) in [6.45, 7) is 10.7. The van der Waals surface area contributed by atoms with Crippen molar-refractivity contribution in [1.29, 1.82) is 0 Å². The first-order chi connectivity index (χ1) is 16.4. The summed E-state index contributed by atoms with van der Waals surface area (Å²) in [6, 6.07) is 0. The van der Waals surface area contributed by atoms with Gasteiger partial charge in [-0.25, -0.2) is 0 Å². The van der Waals surface area contributed by atoms with Crippen LogP contribution in [0.5, 0.6) is 0 Å². The van der Waals surface area contributed by atoms with E-state index in [1.807, 2.05) is 13.8 Å². The van der Waals surface area contributed by atoms with Crippen molar-refractivity contribution in [2.24, 2.45) is 0 Å². The Morgan fingerprint density at radius 2 is 0.800 bits per heavy atom. The predicted molar refractivity (Wildman–Crippen MR) is 140 cm³/mol. The molecular formula is C29H58O5Zr. The van der Waals surface area contributed by atoms with Gasteiger partial charge in [-0.1, -0.05) is 143 Å². The van der Waals surface area contributed by atoms with Gasteiger partial charge in [0.15, 0.2) is 5.76 Å². The maximum Gasteiger partial charge on any atom is 3.00 e. The quantitative estimate of drug-likeness (QED) is 0.130. The predicted octanol–water partition coefficient (Wildman–Crippen LogP) is 6.03. The maximum absolute atomic E-state index is 10.3. The third kappa shape index (κ3) is 71.9. The molecule has 0 aliphatic carbocycles. The van der Waals surface area contributed by atoms with Crippen LogP contribution in [0.1, 0.15) is 150 Å². The molecule has 0 aromatic carbocycles. The van der Waals surface area contributed by atoms with Crippen LogP contribution >= 0.6 is 0 Å². The van der Waals surface area contributed by atoms with Gasteiger partial charge < -0.3 is 15.3 Å². The Kier molecular flexibility index (Phi) is 60.6. The Morgan fingerprint density at radius 3 is 0.943 bits per heavy atom. The minimum absolute atomic E-state index is 0. The monoisotopic (exact) mass is 576 g/mol. The standard InChI is InChI=1S/C18H37O.C5H7O2.2C3H7O.Zr/c1-2-3-4-5-6-7-8-9-10-11-12-13-14-15-16-17-18-19;1-4(6)3-5(2)7;2*1-2-3-4;/h2-18H2,1H3;1,3H2,2H3;2*2-3H2,1H3;/q-1;;2*-1;+3. The van der Waals surface area contributed by atoms with Gasteiger partial charge in [0.25, 0.3) is 0 Å². The molecule has 0 saturated heterocycles. The van der Waals surface area contributed by atoms with Crippen LogP contribution < -0.4 is 15.3 Å². The molecule has 0 spiro atoms. The van der Waals surface area contributed by atoms with Gasteiger partial charge in [0, 0.05) is 0 Å². The van der Waals surface area contributed by atoms with Crippen LogP contribution in [-0.4, -0.2) is 25.6 Å². The van der Waals surface area contributed by atoms with Crippen LogP contribution in [0, 0.1) is 0 Å². The van der Waals surface area contributed by atoms with Crippen LogP contribution in [0.15, 0.2) is 12.3 Å². The van der Waals surface area contributed by atoms with Crippen LogP contribution in [0.2, 0.25) is 0 Å². The third-order valence-corrected chi connectivity index (χ3v) is 4.85. The van der Waals surface area contributed by atoms with Crippen LogP contribution in [0.25, 0.3) is 0 Å². The molecule has 0 unspecified atom stereocenters. The molecule has 0 bridgehead atoms. The van der Waals surface area contributed by atoms with Crippen molar-refractivity contribution < 1.29 is 51.4 Å². The van der Waals surface area contributed by atoms with Gasteiger partial charge in [0.2, 0.25) is 0 Å². The van der Waals surface area contributed by atoms with Crippen molar-refractivity contribution in [2.45, 2.75) is 150 Å². The van der Waals surface area contributed by atoms with Crippen molar-refractivity contribution in [1.82, 2.24) is 0 Å². The second-order valence-electron chi connectivity index (χ2n) is 8.83. The van der Waals surface area contributed by atoms with Gasteiger partial charge in [-0.2, -0.15) is 0 Å². The average Bonchev–Trinajstić information content (AvgIpc) is 2.81. The average molecular weight is 578 g/mol. The zero-order chi connectivity index (χ0) is 26.7. The molecule has 6 heteroatoms. The molecule has 0 saturated carbocycles. The SMILES string of the molecule is C=C([O])CC(C)=O.CCCCCCCCCCCCCCCCCC[O-].CCC[O-].CCC[O-].[Zr+3]. The van der Waals surface area contributed by atoms with Gasteiger partial charge in [-0.3, -0.25) is 9.90 Å². The Bertz CT molecular complexity index is 329. The molecule has 0 amide bonds. The Balaban J connectivity index is -0.000000153. The molecule has 0 atom stereocenters. The summed E-state index contributed by atoms with van der Waals surface area (Å²) in [7, 11) is 0. The summed E-state index contributed by atoms with van der Waals surface area (Å²) in [5, 5.41) is 38.8. The van der Waals surface area contributed by atoms with Gasteiger partial charge in [0.1, 0.15) is 5.78 Å². The van der Waals surface area contributed by atoms with Gasteiger partial charge >= 0.3 is 26.2 Å². The van der Waals surface area contributed by atoms with E-state index in [9.17, 15) is 25.2 Å².